The van der Waals surface area contributed by atoms with Crippen LogP contribution in [0.5, 0.6) is 0 Å². The summed E-state index contributed by atoms with van der Waals surface area (Å²) in [5.74, 6) is 0.721. The maximum absolute atomic E-state index is 15.2. The third kappa shape index (κ3) is 4.09. The van der Waals surface area contributed by atoms with E-state index in [1.807, 2.05) is 0 Å². The highest BCUT2D eigenvalue weighted by Crippen LogP contribution is 2.39. The van der Waals surface area contributed by atoms with Gasteiger partial charge in [0.15, 0.2) is 17.8 Å². The molecule has 0 bridgehead atoms. The number of rotatable bonds is 7. The highest BCUT2D eigenvalue weighted by atomic mass is 35.5. The van der Waals surface area contributed by atoms with E-state index in [4.69, 9.17) is 16.1 Å². The molecule has 4 aromatic heterocycles. The molecule has 1 unspecified atom stereocenters. The fourth-order valence-corrected chi connectivity index (χ4v) is 4.40. The van der Waals surface area contributed by atoms with Crippen molar-refractivity contribution in [3.8, 4) is 28.3 Å². The molecule has 11 nitrogen and oxygen atoms in total. The quantitative estimate of drug-likeness (QED) is 0.241. The van der Waals surface area contributed by atoms with E-state index in [9.17, 15) is 5.21 Å². The number of benzene rings is 1. The molecule has 1 aliphatic carbocycles. The molecule has 1 aliphatic rings. The Hall–Kier alpha value is -4.19. The van der Waals surface area contributed by atoms with Crippen LogP contribution in [0.4, 0.5) is 4.39 Å². The first kappa shape index (κ1) is 22.3. The number of hydrogen-bond acceptors (Lipinski definition) is 8. The summed E-state index contributed by atoms with van der Waals surface area (Å²) in [6, 6.07) is 6.07. The van der Waals surface area contributed by atoms with E-state index >= 15 is 4.39 Å². The van der Waals surface area contributed by atoms with Gasteiger partial charge in [0, 0.05) is 12.3 Å². The van der Waals surface area contributed by atoms with Crippen molar-refractivity contribution in [1.29, 1.82) is 0 Å². The van der Waals surface area contributed by atoms with Gasteiger partial charge < -0.3 is 9.73 Å². The van der Waals surface area contributed by atoms with Gasteiger partial charge in [-0.3, -0.25) is 4.68 Å². The van der Waals surface area contributed by atoms with Crippen molar-refractivity contribution in [2.24, 2.45) is 5.92 Å². The lowest BCUT2D eigenvalue weighted by Crippen LogP contribution is -2.35. The van der Waals surface area contributed by atoms with E-state index in [0.29, 0.717) is 40.1 Å². The first-order chi connectivity index (χ1) is 17.5. The number of pyridine rings is 1. The summed E-state index contributed by atoms with van der Waals surface area (Å²) in [6.07, 6.45) is 9.06. The molecular weight excluding hydrogens is 489 g/mol. The van der Waals surface area contributed by atoms with Crippen molar-refractivity contribution in [3.63, 3.8) is 0 Å². The Kier molecular flexibility index (Phi) is 5.44. The number of aromatic nitrogens is 9. The second kappa shape index (κ2) is 8.79. The van der Waals surface area contributed by atoms with Crippen molar-refractivity contribution in [2.45, 2.75) is 32.2 Å². The average molecular weight is 508 g/mol. The Morgan fingerprint density at radius 1 is 1.25 bits per heavy atom. The zero-order chi connectivity index (χ0) is 24.8. The van der Waals surface area contributed by atoms with E-state index in [1.54, 1.807) is 42.2 Å². The SMILES string of the molecule is Cc1noc(-c2cnn(C(CC3CC3)c3ccc(-c4c(-n5cnnn5)ccc(Cl)c4F)c[n+]3[O-])c2)n1. The van der Waals surface area contributed by atoms with Crippen molar-refractivity contribution >= 4 is 11.6 Å². The van der Waals surface area contributed by atoms with Crippen LogP contribution < -0.4 is 4.73 Å². The predicted octanol–water partition coefficient (Wildman–Crippen LogP) is 3.70. The maximum atomic E-state index is 15.2. The van der Waals surface area contributed by atoms with Crippen LogP contribution in [0.15, 0.2) is 53.7 Å². The minimum Gasteiger partial charge on any atom is -0.618 e. The van der Waals surface area contributed by atoms with Crippen LogP contribution in [-0.4, -0.2) is 40.1 Å². The Morgan fingerprint density at radius 3 is 2.81 bits per heavy atom. The van der Waals surface area contributed by atoms with E-state index < -0.39 is 5.82 Å². The van der Waals surface area contributed by atoms with Crippen molar-refractivity contribution < 1.29 is 13.6 Å². The Morgan fingerprint density at radius 2 is 2.11 bits per heavy atom. The number of hydrogen-bond donors (Lipinski definition) is 0. The van der Waals surface area contributed by atoms with Gasteiger partial charge in [0.2, 0.25) is 5.69 Å². The highest BCUT2D eigenvalue weighted by molar-refractivity contribution is 6.31. The van der Waals surface area contributed by atoms with Crippen LogP contribution in [0.3, 0.4) is 0 Å². The number of tetrazole rings is 1. The van der Waals surface area contributed by atoms with Crippen LogP contribution in [-0.2, 0) is 0 Å². The van der Waals surface area contributed by atoms with Crippen LogP contribution in [0.2, 0.25) is 5.02 Å². The molecule has 1 fully saturated rings. The Labute approximate surface area is 208 Å². The molecule has 182 valence electrons. The molecular formula is C23H19ClFN9O2. The molecule has 0 amide bonds. The van der Waals surface area contributed by atoms with E-state index in [0.717, 1.165) is 24.0 Å². The van der Waals surface area contributed by atoms with Crippen LogP contribution in [0.1, 0.15) is 36.8 Å². The molecule has 4 heterocycles. The molecule has 1 atom stereocenters. The molecule has 6 rings (SSSR count). The minimum atomic E-state index is -0.668. The number of aryl methyl sites for hydroxylation is 1. The summed E-state index contributed by atoms with van der Waals surface area (Å²) in [7, 11) is 0. The minimum absolute atomic E-state index is 0.0738. The topological polar surface area (TPSA) is 127 Å². The first-order valence-electron chi connectivity index (χ1n) is 11.3. The largest absolute Gasteiger partial charge is 0.618 e. The van der Waals surface area contributed by atoms with Crippen molar-refractivity contribution in [3.05, 3.63) is 76.7 Å². The lowest BCUT2D eigenvalue weighted by molar-refractivity contribution is -0.615. The van der Waals surface area contributed by atoms with Gasteiger partial charge in [0.1, 0.15) is 12.4 Å². The second-order valence-electron chi connectivity index (χ2n) is 8.73. The summed E-state index contributed by atoms with van der Waals surface area (Å²) in [4.78, 5) is 4.25. The number of nitrogens with zero attached hydrogens (tertiary/aromatic N) is 9. The van der Waals surface area contributed by atoms with Crippen molar-refractivity contribution in [1.82, 2.24) is 40.1 Å². The third-order valence-corrected chi connectivity index (χ3v) is 6.48. The van der Waals surface area contributed by atoms with E-state index in [2.05, 4.69) is 30.8 Å². The van der Waals surface area contributed by atoms with E-state index in [-0.39, 0.29) is 16.6 Å². The van der Waals surface area contributed by atoms with Crippen LogP contribution >= 0.6 is 11.6 Å². The monoisotopic (exact) mass is 507 g/mol. The predicted molar refractivity (Wildman–Crippen MR) is 124 cm³/mol. The summed E-state index contributed by atoms with van der Waals surface area (Å²) >= 11 is 6.07. The smallest absolute Gasteiger partial charge is 0.261 e. The second-order valence-corrected chi connectivity index (χ2v) is 9.14. The molecule has 0 N–H and O–H groups in total. The lowest BCUT2D eigenvalue weighted by Gasteiger charge is -2.18. The first-order valence-corrected chi connectivity index (χ1v) is 11.7. The molecule has 13 heteroatoms. The third-order valence-electron chi connectivity index (χ3n) is 6.19. The summed E-state index contributed by atoms with van der Waals surface area (Å²) < 4.78 is 24.2. The van der Waals surface area contributed by atoms with Crippen molar-refractivity contribution in [2.75, 3.05) is 0 Å². The molecule has 36 heavy (non-hydrogen) atoms. The molecule has 0 spiro atoms. The van der Waals surface area contributed by atoms with E-state index in [1.165, 1.54) is 23.3 Å². The average Bonchev–Trinajstić information content (AvgIpc) is 3.26. The summed E-state index contributed by atoms with van der Waals surface area (Å²) in [6.45, 7) is 1.74. The molecule has 1 saturated carbocycles. The van der Waals surface area contributed by atoms with Gasteiger partial charge in [-0.25, -0.2) is 4.39 Å². The molecule has 0 saturated heterocycles. The molecule has 0 aliphatic heterocycles. The standard InChI is InChI=1S/C23H19ClFN9O2/c1-13-28-23(36-29-13)16-9-27-32(10-16)20(8-14-2-3-14)18-6-4-15(11-34(18)35)21-19(33-12-26-30-31-33)7-5-17(24)22(21)25/h4-7,9-12,14,20H,2-3,8H2,1H3. The molecule has 5 aromatic rings. The van der Waals surface area contributed by atoms with Crippen LogP contribution in [0.25, 0.3) is 28.3 Å². The maximum Gasteiger partial charge on any atom is 0.261 e. The highest BCUT2D eigenvalue weighted by Gasteiger charge is 2.32. The summed E-state index contributed by atoms with van der Waals surface area (Å²) in [5, 5.41) is 32.7. The summed E-state index contributed by atoms with van der Waals surface area (Å²) in [5.41, 5.74) is 1.96. The Bertz CT molecular complexity index is 1550. The van der Waals surface area contributed by atoms with Crippen LogP contribution in [0, 0.1) is 23.9 Å². The lowest BCUT2D eigenvalue weighted by atomic mass is 10.0. The van der Waals surface area contributed by atoms with Gasteiger partial charge >= 0.3 is 0 Å². The van der Waals surface area contributed by atoms with Gasteiger partial charge in [-0.2, -0.15) is 19.5 Å². The fraction of sp³-hybridized carbons (Fsp3) is 0.261. The van der Waals surface area contributed by atoms with Gasteiger partial charge in [-0.05, 0) is 47.9 Å². The number of halogens is 2. The van der Waals surface area contributed by atoms with Gasteiger partial charge in [-0.1, -0.05) is 29.6 Å². The fourth-order valence-electron chi connectivity index (χ4n) is 4.24. The van der Waals surface area contributed by atoms with Gasteiger partial charge in [0.25, 0.3) is 5.89 Å². The Balaban J connectivity index is 1.40. The molecule has 1 aromatic carbocycles. The normalized spacial score (nSPS) is 14.3. The zero-order valence-corrected chi connectivity index (χ0v) is 19.7. The van der Waals surface area contributed by atoms with Gasteiger partial charge in [0.05, 0.1) is 33.6 Å². The molecule has 0 radical (unpaired) electrons. The zero-order valence-electron chi connectivity index (χ0n) is 19.0. The van der Waals surface area contributed by atoms with Gasteiger partial charge in [-0.15, -0.1) is 5.10 Å².